The number of hydrogen-bond acceptors (Lipinski definition) is 4. The van der Waals surface area contributed by atoms with Gasteiger partial charge in [0.2, 0.25) is 0 Å². The van der Waals surface area contributed by atoms with E-state index in [4.69, 9.17) is 0 Å². The first kappa shape index (κ1) is 24.7. The molecule has 3 N–H and O–H groups in total. The molecule has 2 heterocycles. The van der Waals surface area contributed by atoms with E-state index in [2.05, 4.69) is 39.7 Å². The molecule has 0 spiro atoms. The van der Waals surface area contributed by atoms with Crippen LogP contribution in [-0.4, -0.2) is 41.3 Å². The lowest BCUT2D eigenvalue weighted by atomic mass is 9.80. The third-order valence-electron chi connectivity index (χ3n) is 6.68. The molecular formula is C27H32F3N3O. The number of benzene rings is 2. The zero-order valence-electron chi connectivity index (χ0n) is 19.6. The van der Waals surface area contributed by atoms with E-state index in [-0.39, 0.29) is 12.0 Å². The molecular weight excluding hydrogens is 439 g/mol. The van der Waals surface area contributed by atoms with Crippen LogP contribution in [-0.2, 0) is 12.7 Å². The number of piperidine rings is 1. The lowest BCUT2D eigenvalue weighted by Gasteiger charge is -2.36. The first-order valence-corrected chi connectivity index (χ1v) is 11.8. The van der Waals surface area contributed by atoms with Crippen LogP contribution in [0.3, 0.4) is 0 Å². The average molecular weight is 472 g/mol. The van der Waals surface area contributed by atoms with Gasteiger partial charge in [0.15, 0.2) is 0 Å². The second-order valence-electron chi connectivity index (χ2n) is 9.90. The maximum atomic E-state index is 13.2. The fourth-order valence-corrected chi connectivity index (χ4v) is 4.88. The predicted molar refractivity (Wildman–Crippen MR) is 127 cm³/mol. The van der Waals surface area contributed by atoms with E-state index in [9.17, 15) is 18.3 Å². The molecule has 0 saturated carbocycles. The number of likely N-dealkylation sites (tertiary alicyclic amines) is 1. The van der Waals surface area contributed by atoms with Crippen molar-refractivity contribution in [2.24, 2.45) is 5.92 Å². The maximum Gasteiger partial charge on any atom is 0.416 e. The van der Waals surface area contributed by atoms with Crippen molar-refractivity contribution in [3.05, 3.63) is 70.8 Å². The van der Waals surface area contributed by atoms with E-state index in [0.717, 1.165) is 49.7 Å². The Balaban J connectivity index is 1.33. The van der Waals surface area contributed by atoms with Gasteiger partial charge in [-0.3, -0.25) is 15.8 Å². The van der Waals surface area contributed by atoms with Crippen LogP contribution in [0.1, 0.15) is 54.9 Å². The van der Waals surface area contributed by atoms with Crippen LogP contribution in [0.25, 0.3) is 0 Å². The van der Waals surface area contributed by atoms with Crippen LogP contribution in [0.5, 0.6) is 0 Å². The van der Waals surface area contributed by atoms with Crippen molar-refractivity contribution < 1.29 is 18.3 Å². The number of hydrogen-bond donors (Lipinski definition) is 3. The summed E-state index contributed by atoms with van der Waals surface area (Å²) in [6, 6.07) is 14.0. The lowest BCUT2D eigenvalue weighted by molar-refractivity contribution is -0.137. The molecule has 2 aliphatic rings. The summed E-state index contributed by atoms with van der Waals surface area (Å²) in [6.07, 6.45) is -2.32. The zero-order valence-corrected chi connectivity index (χ0v) is 19.6. The average Bonchev–Trinajstić information content (AvgIpc) is 3.28. The topological polar surface area (TPSA) is 47.5 Å². The second-order valence-corrected chi connectivity index (χ2v) is 9.90. The van der Waals surface area contributed by atoms with Gasteiger partial charge < -0.3 is 5.11 Å². The third kappa shape index (κ3) is 6.39. The molecule has 2 unspecified atom stereocenters. The van der Waals surface area contributed by atoms with Crippen molar-refractivity contribution in [3.8, 4) is 11.8 Å². The van der Waals surface area contributed by atoms with E-state index >= 15 is 0 Å². The van der Waals surface area contributed by atoms with Gasteiger partial charge in [0, 0.05) is 30.6 Å². The molecule has 2 fully saturated rings. The monoisotopic (exact) mass is 471 g/mol. The summed E-state index contributed by atoms with van der Waals surface area (Å²) in [5, 5.41) is 9.74. The van der Waals surface area contributed by atoms with E-state index in [0.29, 0.717) is 12.5 Å². The van der Waals surface area contributed by atoms with E-state index in [1.807, 2.05) is 18.2 Å². The van der Waals surface area contributed by atoms with Crippen molar-refractivity contribution in [3.63, 3.8) is 0 Å². The molecule has 4 nitrogen and oxygen atoms in total. The second kappa shape index (κ2) is 10.1. The highest BCUT2D eigenvalue weighted by atomic mass is 19.4. The standard InChI is InChI=1S/C27H32F3N3O/c1-26(2,34)13-10-19-6-8-20(9-7-19)18-33-14-11-21(12-15-33)25-24(17-31-32-25)22-4-3-5-23(16-22)27(28,29)30/h3-9,16,21,24-25,31-32,34H,11-12,14-15,17-18H2,1-2H3. The van der Waals surface area contributed by atoms with E-state index in [1.165, 1.54) is 17.7 Å². The first-order valence-electron chi connectivity index (χ1n) is 11.8. The lowest BCUT2D eigenvalue weighted by Crippen LogP contribution is -2.44. The number of hydrazine groups is 1. The first-order chi connectivity index (χ1) is 16.1. The molecule has 34 heavy (non-hydrogen) atoms. The Morgan fingerprint density at radius 3 is 2.41 bits per heavy atom. The molecule has 2 saturated heterocycles. The van der Waals surface area contributed by atoms with Crippen LogP contribution < -0.4 is 10.9 Å². The number of halogens is 3. The largest absolute Gasteiger partial charge is 0.416 e. The fourth-order valence-electron chi connectivity index (χ4n) is 4.88. The van der Waals surface area contributed by atoms with Crippen molar-refractivity contribution in [2.45, 2.75) is 57.0 Å². The molecule has 4 rings (SSSR count). The van der Waals surface area contributed by atoms with Crippen molar-refractivity contribution in [1.82, 2.24) is 15.8 Å². The minimum Gasteiger partial charge on any atom is -0.378 e. The number of aliphatic hydroxyl groups is 1. The van der Waals surface area contributed by atoms with Crippen molar-refractivity contribution in [2.75, 3.05) is 19.6 Å². The highest BCUT2D eigenvalue weighted by Crippen LogP contribution is 2.36. The predicted octanol–water partition coefficient (Wildman–Crippen LogP) is 4.30. The Morgan fingerprint density at radius 2 is 1.76 bits per heavy atom. The molecule has 2 atom stereocenters. The van der Waals surface area contributed by atoms with Crippen LogP contribution >= 0.6 is 0 Å². The SMILES string of the molecule is CC(C)(O)C#Cc1ccc(CN2CCC(C3NNCC3c3cccc(C(F)(F)F)c3)CC2)cc1. The molecule has 0 amide bonds. The molecule has 2 aromatic rings. The summed E-state index contributed by atoms with van der Waals surface area (Å²) in [7, 11) is 0. The van der Waals surface area contributed by atoms with Gasteiger partial charge in [0.25, 0.3) is 0 Å². The van der Waals surface area contributed by atoms with Gasteiger partial charge in [-0.1, -0.05) is 42.2 Å². The summed E-state index contributed by atoms with van der Waals surface area (Å²) in [6.45, 7) is 6.74. The van der Waals surface area contributed by atoms with E-state index < -0.39 is 17.3 Å². The van der Waals surface area contributed by atoms with Crippen LogP contribution in [0.2, 0.25) is 0 Å². The molecule has 0 aliphatic carbocycles. The highest BCUT2D eigenvalue weighted by molar-refractivity contribution is 5.37. The van der Waals surface area contributed by atoms with E-state index in [1.54, 1.807) is 13.8 Å². The van der Waals surface area contributed by atoms with Gasteiger partial charge in [-0.2, -0.15) is 13.2 Å². The Hall–Kier alpha value is -2.37. The van der Waals surface area contributed by atoms with Crippen LogP contribution in [0.4, 0.5) is 13.2 Å². The Morgan fingerprint density at radius 1 is 1.06 bits per heavy atom. The fraction of sp³-hybridized carbons (Fsp3) is 0.481. The minimum absolute atomic E-state index is 0.0244. The quantitative estimate of drug-likeness (QED) is 0.582. The minimum atomic E-state index is -4.32. The number of nitrogens with zero attached hydrogens (tertiary/aromatic N) is 1. The zero-order chi connectivity index (χ0) is 24.3. The van der Waals surface area contributed by atoms with Gasteiger partial charge in [0.05, 0.1) is 5.56 Å². The molecule has 182 valence electrons. The summed E-state index contributed by atoms with van der Waals surface area (Å²) in [5.74, 6) is 6.25. The Kier molecular flexibility index (Phi) is 7.34. The summed E-state index contributed by atoms with van der Waals surface area (Å²) < 4.78 is 39.5. The molecule has 2 aromatic carbocycles. The number of alkyl halides is 3. The summed E-state index contributed by atoms with van der Waals surface area (Å²) >= 11 is 0. The Bertz CT molecular complexity index is 1030. The number of nitrogens with one attached hydrogen (secondary N) is 2. The van der Waals surface area contributed by atoms with Crippen molar-refractivity contribution >= 4 is 0 Å². The molecule has 2 aliphatic heterocycles. The smallest absolute Gasteiger partial charge is 0.378 e. The molecule has 0 aromatic heterocycles. The third-order valence-corrected chi connectivity index (χ3v) is 6.68. The molecule has 0 radical (unpaired) electrons. The van der Waals surface area contributed by atoms with Crippen molar-refractivity contribution in [1.29, 1.82) is 0 Å². The van der Waals surface area contributed by atoms with Gasteiger partial charge in [-0.25, -0.2) is 0 Å². The van der Waals surface area contributed by atoms with Crippen LogP contribution in [0.15, 0.2) is 48.5 Å². The molecule has 0 bridgehead atoms. The maximum absolute atomic E-state index is 13.2. The highest BCUT2D eigenvalue weighted by Gasteiger charge is 2.37. The molecule has 7 heteroatoms. The van der Waals surface area contributed by atoms with Gasteiger partial charge in [0.1, 0.15) is 5.60 Å². The van der Waals surface area contributed by atoms with Gasteiger partial charge in [-0.05, 0) is 75.0 Å². The summed E-state index contributed by atoms with van der Waals surface area (Å²) in [4.78, 5) is 2.43. The van der Waals surface area contributed by atoms with Crippen LogP contribution in [0, 0.1) is 17.8 Å². The normalized spacial score (nSPS) is 22.4. The summed E-state index contributed by atoms with van der Waals surface area (Å²) in [5.41, 5.74) is 7.78. The Labute approximate surface area is 199 Å². The van der Waals surface area contributed by atoms with Gasteiger partial charge >= 0.3 is 6.18 Å². The van der Waals surface area contributed by atoms with Gasteiger partial charge in [-0.15, -0.1) is 0 Å². The number of rotatable bonds is 4.